The van der Waals surface area contributed by atoms with E-state index < -0.39 is 0 Å². The number of anilines is 2. The lowest BCUT2D eigenvalue weighted by atomic mass is 9.91. The van der Waals surface area contributed by atoms with Crippen LogP contribution >= 0.6 is 0 Å². The van der Waals surface area contributed by atoms with Crippen LogP contribution in [0.5, 0.6) is 0 Å². The zero-order valence-electron chi connectivity index (χ0n) is 15.8. The average Bonchev–Trinajstić information content (AvgIpc) is 2.79. The molecule has 28 heavy (non-hydrogen) atoms. The normalized spacial score (nSPS) is 10.8. The topological polar surface area (TPSA) is 15.3 Å². The Morgan fingerprint density at radius 3 is 1.25 bits per heavy atom. The molecule has 2 heteroatoms. The van der Waals surface area contributed by atoms with Crippen molar-refractivity contribution in [3.63, 3.8) is 0 Å². The summed E-state index contributed by atoms with van der Waals surface area (Å²) in [5, 5.41) is 2.17. The summed E-state index contributed by atoms with van der Waals surface area (Å²) < 4.78 is 0. The van der Waals surface area contributed by atoms with E-state index in [1.807, 2.05) is 12.1 Å². The minimum absolute atomic E-state index is 0.261. The Hall–Kier alpha value is -3.36. The van der Waals surface area contributed by atoms with E-state index in [2.05, 4.69) is 120 Å². The molecule has 0 heterocycles. The van der Waals surface area contributed by atoms with E-state index in [1.54, 1.807) is 0 Å². The monoisotopic (exact) mass is 364 g/mol. The van der Waals surface area contributed by atoms with E-state index in [0.29, 0.717) is 0 Å². The van der Waals surface area contributed by atoms with Gasteiger partial charge in [0, 0.05) is 12.5 Å². The van der Waals surface area contributed by atoms with Gasteiger partial charge in [-0.3, -0.25) is 5.01 Å². The summed E-state index contributed by atoms with van der Waals surface area (Å²) in [6, 6.07) is 42.2. The lowest BCUT2D eigenvalue weighted by molar-refractivity contribution is 0.646. The van der Waals surface area contributed by atoms with Crippen molar-refractivity contribution in [2.45, 2.75) is 5.92 Å². The van der Waals surface area contributed by atoms with Crippen LogP contribution in [0.25, 0.3) is 0 Å². The molecule has 0 amide bonds. The molecular formula is C26H24N2. The van der Waals surface area contributed by atoms with Crippen molar-refractivity contribution >= 4 is 11.4 Å². The van der Waals surface area contributed by atoms with Crippen LogP contribution in [0.1, 0.15) is 17.0 Å². The Kier molecular flexibility index (Phi) is 5.81. The molecule has 0 aliphatic rings. The highest BCUT2D eigenvalue weighted by molar-refractivity contribution is 5.61. The maximum atomic E-state index is 3.68. The number of benzene rings is 4. The van der Waals surface area contributed by atoms with Crippen molar-refractivity contribution in [3.05, 3.63) is 132 Å². The number of hydrogen-bond acceptors (Lipinski definition) is 2. The fourth-order valence-corrected chi connectivity index (χ4v) is 3.47. The van der Waals surface area contributed by atoms with Crippen molar-refractivity contribution < 1.29 is 0 Å². The fraction of sp³-hybridized carbons (Fsp3) is 0.0769. The highest BCUT2D eigenvalue weighted by Crippen LogP contribution is 2.27. The molecule has 4 aromatic rings. The molecule has 4 rings (SSSR count). The number of nitrogens with zero attached hydrogens (tertiary/aromatic N) is 1. The number of rotatable bonds is 7. The lowest BCUT2D eigenvalue weighted by Crippen LogP contribution is -2.37. The van der Waals surface area contributed by atoms with Gasteiger partial charge in [0.05, 0.1) is 11.4 Å². The molecule has 0 spiro atoms. The highest BCUT2D eigenvalue weighted by Gasteiger charge is 2.16. The van der Waals surface area contributed by atoms with E-state index in [0.717, 1.165) is 17.9 Å². The van der Waals surface area contributed by atoms with E-state index in [-0.39, 0.29) is 5.92 Å². The van der Waals surface area contributed by atoms with Gasteiger partial charge in [-0.2, -0.15) is 0 Å². The molecule has 0 saturated heterocycles. The minimum Gasteiger partial charge on any atom is -0.277 e. The Labute approximate surface area is 167 Å². The molecule has 0 radical (unpaired) electrons. The molecule has 0 bridgehead atoms. The number of para-hydroxylation sites is 2. The smallest absolute Gasteiger partial charge is 0.0577 e. The summed E-state index contributed by atoms with van der Waals surface area (Å²) in [5.74, 6) is 0.261. The SMILES string of the molecule is c1ccc(C(CNN(c2ccccc2)c2ccccc2)c2ccccc2)cc1. The third kappa shape index (κ3) is 4.30. The van der Waals surface area contributed by atoms with E-state index in [9.17, 15) is 0 Å². The second-order valence-electron chi connectivity index (χ2n) is 6.74. The van der Waals surface area contributed by atoms with E-state index in [1.165, 1.54) is 11.1 Å². The molecule has 2 nitrogen and oxygen atoms in total. The summed E-state index contributed by atoms with van der Waals surface area (Å²) in [7, 11) is 0. The van der Waals surface area contributed by atoms with Gasteiger partial charge in [-0.1, -0.05) is 97.1 Å². The van der Waals surface area contributed by atoms with Crippen LogP contribution in [0.4, 0.5) is 11.4 Å². The van der Waals surface area contributed by atoms with Gasteiger partial charge >= 0.3 is 0 Å². The van der Waals surface area contributed by atoms with Crippen molar-refractivity contribution in [1.29, 1.82) is 0 Å². The van der Waals surface area contributed by atoms with Crippen LogP contribution in [0, 0.1) is 0 Å². The first-order chi connectivity index (χ1) is 13.9. The molecule has 0 atom stereocenters. The Morgan fingerprint density at radius 1 is 0.500 bits per heavy atom. The zero-order valence-corrected chi connectivity index (χ0v) is 15.8. The largest absolute Gasteiger partial charge is 0.277 e. The zero-order chi connectivity index (χ0) is 19.0. The van der Waals surface area contributed by atoms with Crippen LogP contribution in [0.15, 0.2) is 121 Å². The number of nitrogens with one attached hydrogen (secondary N) is 1. The summed E-state index contributed by atoms with van der Waals surface area (Å²) in [6.45, 7) is 0.789. The van der Waals surface area contributed by atoms with Crippen LogP contribution < -0.4 is 10.4 Å². The second-order valence-corrected chi connectivity index (χ2v) is 6.74. The van der Waals surface area contributed by atoms with Crippen LogP contribution in [-0.2, 0) is 0 Å². The average molecular weight is 364 g/mol. The highest BCUT2D eigenvalue weighted by atomic mass is 15.5. The minimum atomic E-state index is 0.261. The van der Waals surface area contributed by atoms with Crippen LogP contribution in [0.3, 0.4) is 0 Å². The fourth-order valence-electron chi connectivity index (χ4n) is 3.47. The first-order valence-corrected chi connectivity index (χ1v) is 9.65. The maximum Gasteiger partial charge on any atom is 0.0577 e. The number of hydrazine groups is 1. The van der Waals surface area contributed by atoms with Crippen molar-refractivity contribution in [1.82, 2.24) is 5.43 Å². The molecule has 1 N–H and O–H groups in total. The first kappa shape index (κ1) is 18.0. The van der Waals surface area contributed by atoms with Gasteiger partial charge in [-0.25, -0.2) is 5.43 Å². The first-order valence-electron chi connectivity index (χ1n) is 9.65. The molecule has 0 unspecified atom stereocenters. The number of hydrogen-bond donors (Lipinski definition) is 1. The van der Waals surface area contributed by atoms with Gasteiger partial charge in [0.15, 0.2) is 0 Å². The molecule has 138 valence electrons. The molecule has 4 aromatic carbocycles. The standard InChI is InChI=1S/C26H24N2/c1-5-13-22(14-6-1)26(23-15-7-2-8-16-23)21-27-28(24-17-9-3-10-18-24)25-19-11-4-12-20-25/h1-20,26-27H,21H2. The van der Waals surface area contributed by atoms with Crippen molar-refractivity contribution in [3.8, 4) is 0 Å². The second kappa shape index (κ2) is 9.03. The predicted molar refractivity (Wildman–Crippen MR) is 118 cm³/mol. The lowest BCUT2D eigenvalue weighted by Gasteiger charge is -2.29. The van der Waals surface area contributed by atoms with E-state index >= 15 is 0 Å². The molecule has 0 saturated carbocycles. The third-order valence-corrected chi connectivity index (χ3v) is 4.89. The van der Waals surface area contributed by atoms with Crippen LogP contribution in [0.2, 0.25) is 0 Å². The third-order valence-electron chi connectivity index (χ3n) is 4.89. The van der Waals surface area contributed by atoms with E-state index in [4.69, 9.17) is 0 Å². The van der Waals surface area contributed by atoms with Crippen molar-refractivity contribution in [2.75, 3.05) is 11.6 Å². The van der Waals surface area contributed by atoms with Crippen LogP contribution in [-0.4, -0.2) is 6.54 Å². The predicted octanol–water partition coefficient (Wildman–Crippen LogP) is 6.16. The Morgan fingerprint density at radius 2 is 0.857 bits per heavy atom. The van der Waals surface area contributed by atoms with Gasteiger partial charge in [0.2, 0.25) is 0 Å². The van der Waals surface area contributed by atoms with Crippen molar-refractivity contribution in [2.24, 2.45) is 0 Å². The molecule has 0 aromatic heterocycles. The summed E-state index contributed by atoms with van der Waals surface area (Å²) >= 11 is 0. The summed E-state index contributed by atoms with van der Waals surface area (Å²) in [6.07, 6.45) is 0. The Balaban J connectivity index is 1.64. The molecule has 0 aliphatic heterocycles. The van der Waals surface area contributed by atoms with Gasteiger partial charge in [-0.05, 0) is 35.4 Å². The summed E-state index contributed by atoms with van der Waals surface area (Å²) in [4.78, 5) is 0. The van der Waals surface area contributed by atoms with Gasteiger partial charge in [0.1, 0.15) is 0 Å². The van der Waals surface area contributed by atoms with Gasteiger partial charge < -0.3 is 0 Å². The van der Waals surface area contributed by atoms with Gasteiger partial charge in [-0.15, -0.1) is 0 Å². The maximum absolute atomic E-state index is 3.68. The van der Waals surface area contributed by atoms with Gasteiger partial charge in [0.25, 0.3) is 0 Å². The Bertz CT molecular complexity index is 792. The molecular weight excluding hydrogens is 340 g/mol. The quantitative estimate of drug-likeness (QED) is 0.395. The summed E-state index contributed by atoms with van der Waals surface area (Å²) in [5.41, 5.74) is 8.54. The molecule has 0 fully saturated rings. The molecule has 0 aliphatic carbocycles.